The van der Waals surface area contributed by atoms with Gasteiger partial charge in [0.25, 0.3) is 0 Å². The van der Waals surface area contributed by atoms with Crippen molar-refractivity contribution in [2.24, 2.45) is 0 Å². The molecule has 2 aromatic carbocycles. The number of nitriles is 1. The predicted octanol–water partition coefficient (Wildman–Crippen LogP) is 3.91. The molecule has 32 heavy (non-hydrogen) atoms. The van der Waals surface area contributed by atoms with E-state index in [1.54, 1.807) is 13.2 Å². The van der Waals surface area contributed by atoms with Crippen LogP contribution in [0, 0.1) is 11.3 Å². The number of ether oxygens (including phenoxy) is 1. The number of halogens is 2. The van der Waals surface area contributed by atoms with Gasteiger partial charge in [0.1, 0.15) is 11.8 Å². The molecule has 0 bridgehead atoms. The van der Waals surface area contributed by atoms with E-state index in [-0.39, 0.29) is 18.5 Å². The van der Waals surface area contributed by atoms with Crippen molar-refractivity contribution in [3.63, 3.8) is 0 Å². The second-order valence-electron chi connectivity index (χ2n) is 7.72. The van der Waals surface area contributed by atoms with Gasteiger partial charge in [-0.25, -0.2) is 0 Å². The van der Waals surface area contributed by atoms with Crippen molar-refractivity contribution >= 4 is 46.3 Å². The molecule has 0 atom stereocenters. The number of nitrogens with zero attached hydrogens (tertiary/aromatic N) is 4. The molecule has 0 saturated carbocycles. The fourth-order valence-electron chi connectivity index (χ4n) is 4.04. The highest BCUT2D eigenvalue weighted by Crippen LogP contribution is 2.34. The molecule has 1 saturated heterocycles. The fourth-order valence-corrected chi connectivity index (χ4v) is 4.32. The highest BCUT2D eigenvalue weighted by Gasteiger charge is 2.23. The number of fused-ring (bicyclic) bond motifs is 1. The standard InChI is InChI=1S/C23H24ClN5O2.ClH/c1-31-20-7-3-14(12-18(20)24)2-6-19-21-17(5-4-15(13-25)22(21)26)23(28-27-19)29-10-8-16(30)9-11-29;/h3-5,7,12,16,30H,2,6,8-11,26H2,1H3;1H. The van der Waals surface area contributed by atoms with Crippen molar-refractivity contribution in [1.29, 1.82) is 5.26 Å². The van der Waals surface area contributed by atoms with Crippen LogP contribution in [0.15, 0.2) is 30.3 Å². The Balaban J connectivity index is 0.00000289. The van der Waals surface area contributed by atoms with Crippen LogP contribution in [-0.2, 0) is 12.8 Å². The van der Waals surface area contributed by atoms with E-state index in [1.165, 1.54) is 0 Å². The molecule has 0 amide bonds. The molecule has 0 unspecified atom stereocenters. The van der Waals surface area contributed by atoms with E-state index in [9.17, 15) is 10.4 Å². The lowest BCUT2D eigenvalue weighted by Gasteiger charge is -2.31. The molecule has 7 nitrogen and oxygen atoms in total. The van der Waals surface area contributed by atoms with E-state index in [0.29, 0.717) is 60.8 Å². The third-order valence-electron chi connectivity index (χ3n) is 5.79. The molecule has 1 aliphatic rings. The van der Waals surface area contributed by atoms with Crippen LogP contribution in [0.4, 0.5) is 11.5 Å². The Kier molecular flexibility index (Phi) is 7.62. The van der Waals surface area contributed by atoms with Gasteiger partial charge in [0.2, 0.25) is 0 Å². The Morgan fingerprint density at radius 1 is 1.22 bits per heavy atom. The number of hydrogen-bond acceptors (Lipinski definition) is 7. The minimum Gasteiger partial charge on any atom is -0.495 e. The van der Waals surface area contributed by atoms with Crippen LogP contribution < -0.4 is 15.4 Å². The summed E-state index contributed by atoms with van der Waals surface area (Å²) in [5, 5.41) is 30.6. The summed E-state index contributed by atoms with van der Waals surface area (Å²) in [5.74, 6) is 1.38. The van der Waals surface area contributed by atoms with Crippen molar-refractivity contribution in [2.75, 3.05) is 30.8 Å². The number of piperidine rings is 1. The van der Waals surface area contributed by atoms with Gasteiger partial charge in [-0.2, -0.15) is 10.4 Å². The molecule has 0 aliphatic carbocycles. The number of nitrogens with two attached hydrogens (primary N) is 1. The lowest BCUT2D eigenvalue weighted by atomic mass is 9.99. The number of anilines is 2. The monoisotopic (exact) mass is 473 g/mol. The van der Waals surface area contributed by atoms with Crippen LogP contribution in [0.1, 0.15) is 29.7 Å². The molecule has 3 aromatic rings. The number of methoxy groups -OCH3 is 1. The summed E-state index contributed by atoms with van der Waals surface area (Å²) in [6, 6.07) is 11.5. The van der Waals surface area contributed by atoms with Gasteiger partial charge < -0.3 is 20.5 Å². The SMILES string of the molecule is COc1ccc(CCc2nnc(N3CCC(O)CC3)c3ccc(C#N)c(N)c23)cc1Cl.Cl. The van der Waals surface area contributed by atoms with Crippen molar-refractivity contribution in [1.82, 2.24) is 10.2 Å². The summed E-state index contributed by atoms with van der Waals surface area (Å²) < 4.78 is 5.22. The summed E-state index contributed by atoms with van der Waals surface area (Å²) in [5.41, 5.74) is 9.04. The number of aryl methyl sites for hydroxylation is 2. The summed E-state index contributed by atoms with van der Waals surface area (Å²) in [6.07, 6.45) is 2.40. The van der Waals surface area contributed by atoms with Crippen LogP contribution in [0.5, 0.6) is 5.75 Å². The maximum atomic E-state index is 9.84. The summed E-state index contributed by atoms with van der Waals surface area (Å²) in [6.45, 7) is 1.41. The quantitative estimate of drug-likeness (QED) is 0.540. The number of aliphatic hydroxyl groups excluding tert-OH is 1. The Morgan fingerprint density at radius 3 is 2.62 bits per heavy atom. The highest BCUT2D eigenvalue weighted by molar-refractivity contribution is 6.32. The molecule has 1 aromatic heterocycles. The van der Waals surface area contributed by atoms with Gasteiger partial charge in [0, 0.05) is 23.9 Å². The first-order chi connectivity index (χ1) is 15.0. The van der Waals surface area contributed by atoms with E-state index in [4.69, 9.17) is 22.1 Å². The van der Waals surface area contributed by atoms with Gasteiger partial charge in [-0.3, -0.25) is 0 Å². The Morgan fingerprint density at radius 2 is 1.97 bits per heavy atom. The van der Waals surface area contributed by atoms with Crippen molar-refractivity contribution < 1.29 is 9.84 Å². The van der Waals surface area contributed by atoms with Crippen LogP contribution in [0.2, 0.25) is 5.02 Å². The number of aliphatic hydroxyl groups is 1. The van der Waals surface area contributed by atoms with Gasteiger partial charge in [0.05, 0.1) is 35.2 Å². The lowest BCUT2D eigenvalue weighted by molar-refractivity contribution is 0.145. The Bertz CT molecular complexity index is 1160. The van der Waals surface area contributed by atoms with Crippen LogP contribution in [-0.4, -0.2) is 41.6 Å². The molecule has 1 aliphatic heterocycles. The minimum absolute atomic E-state index is 0. The number of hydrogen-bond donors (Lipinski definition) is 2. The molecule has 9 heteroatoms. The zero-order chi connectivity index (χ0) is 22.0. The highest BCUT2D eigenvalue weighted by atomic mass is 35.5. The first-order valence-corrected chi connectivity index (χ1v) is 10.6. The zero-order valence-corrected chi connectivity index (χ0v) is 19.3. The maximum Gasteiger partial charge on any atom is 0.159 e. The molecule has 168 valence electrons. The van der Waals surface area contributed by atoms with Crippen molar-refractivity contribution in [2.45, 2.75) is 31.8 Å². The average molecular weight is 474 g/mol. The third-order valence-corrected chi connectivity index (χ3v) is 6.09. The molecule has 3 N–H and O–H groups in total. The summed E-state index contributed by atoms with van der Waals surface area (Å²) in [7, 11) is 1.59. The number of rotatable bonds is 5. The maximum absolute atomic E-state index is 9.84. The molecule has 4 rings (SSSR count). The lowest BCUT2D eigenvalue weighted by Crippen LogP contribution is -2.36. The Labute approximate surface area is 198 Å². The number of benzene rings is 2. The van der Waals surface area contributed by atoms with Gasteiger partial charge in [-0.05, 0) is 55.5 Å². The van der Waals surface area contributed by atoms with Crippen molar-refractivity contribution in [3.05, 3.63) is 52.2 Å². The van der Waals surface area contributed by atoms with E-state index in [2.05, 4.69) is 21.2 Å². The average Bonchev–Trinajstić information content (AvgIpc) is 2.78. The van der Waals surface area contributed by atoms with Gasteiger partial charge in [0.15, 0.2) is 5.82 Å². The molecule has 1 fully saturated rings. The van der Waals surface area contributed by atoms with Gasteiger partial charge in [-0.15, -0.1) is 17.5 Å². The summed E-state index contributed by atoms with van der Waals surface area (Å²) in [4.78, 5) is 2.13. The third kappa shape index (κ3) is 4.68. The first-order valence-electron chi connectivity index (χ1n) is 10.2. The molecule has 0 radical (unpaired) electrons. The molecule has 2 heterocycles. The van der Waals surface area contributed by atoms with Crippen LogP contribution >= 0.6 is 24.0 Å². The van der Waals surface area contributed by atoms with Crippen LogP contribution in [0.3, 0.4) is 0 Å². The molecular weight excluding hydrogens is 449 g/mol. The number of aromatic nitrogens is 2. The second-order valence-corrected chi connectivity index (χ2v) is 8.13. The normalized spacial score (nSPS) is 14.1. The molecular formula is C23H25Cl2N5O2. The van der Waals surface area contributed by atoms with Gasteiger partial charge in [-0.1, -0.05) is 17.7 Å². The smallest absolute Gasteiger partial charge is 0.159 e. The minimum atomic E-state index is -0.277. The van der Waals surface area contributed by atoms with E-state index < -0.39 is 0 Å². The first kappa shape index (κ1) is 23.9. The fraction of sp³-hybridized carbons (Fsp3) is 0.348. The topological polar surface area (TPSA) is 108 Å². The van der Waals surface area contributed by atoms with Gasteiger partial charge >= 0.3 is 0 Å². The summed E-state index contributed by atoms with van der Waals surface area (Å²) >= 11 is 6.26. The zero-order valence-electron chi connectivity index (χ0n) is 17.7. The number of nitrogen functional groups attached to an aromatic ring is 1. The van der Waals surface area contributed by atoms with Crippen LogP contribution in [0.25, 0.3) is 10.8 Å². The second kappa shape index (κ2) is 10.2. The predicted molar refractivity (Wildman–Crippen MR) is 129 cm³/mol. The van der Waals surface area contributed by atoms with Crippen molar-refractivity contribution in [3.8, 4) is 11.8 Å². The Hall–Kier alpha value is -2.79. The van der Waals surface area contributed by atoms with E-state index in [0.717, 1.165) is 27.8 Å². The van der Waals surface area contributed by atoms with E-state index >= 15 is 0 Å². The molecule has 0 spiro atoms. The van der Waals surface area contributed by atoms with E-state index in [1.807, 2.05) is 24.3 Å². The largest absolute Gasteiger partial charge is 0.495 e.